The Morgan fingerprint density at radius 1 is 1.00 bits per heavy atom. The first-order valence-corrected chi connectivity index (χ1v) is 10.6. The zero-order chi connectivity index (χ0) is 20.6. The van der Waals surface area contributed by atoms with Crippen LogP contribution in [-0.4, -0.2) is 50.1 Å². The van der Waals surface area contributed by atoms with Gasteiger partial charge in [0, 0.05) is 37.7 Å². The summed E-state index contributed by atoms with van der Waals surface area (Å²) < 4.78 is 0. The number of hydrogen-bond acceptors (Lipinski definition) is 5. The number of aryl methyl sites for hydroxylation is 1. The van der Waals surface area contributed by atoms with Crippen molar-refractivity contribution in [3.8, 4) is 11.4 Å². The second kappa shape index (κ2) is 10.1. The number of aromatic nitrogens is 4. The zero-order valence-corrected chi connectivity index (χ0v) is 17.2. The lowest BCUT2D eigenvalue weighted by Crippen LogP contribution is -2.44. The highest BCUT2D eigenvalue weighted by atomic mass is 16.1. The molecule has 156 valence electrons. The summed E-state index contributed by atoms with van der Waals surface area (Å²) in [6, 6.07) is 20.6. The van der Waals surface area contributed by atoms with Crippen molar-refractivity contribution in [2.45, 2.75) is 44.8 Å². The molecule has 30 heavy (non-hydrogen) atoms. The first kappa shape index (κ1) is 20.2. The van der Waals surface area contributed by atoms with Crippen LogP contribution < -0.4 is 5.32 Å². The lowest BCUT2D eigenvalue weighted by atomic mass is 10.0. The van der Waals surface area contributed by atoms with Crippen LogP contribution in [0.15, 0.2) is 60.7 Å². The van der Waals surface area contributed by atoms with Crippen LogP contribution >= 0.6 is 0 Å². The molecule has 1 aromatic heterocycles. The monoisotopic (exact) mass is 404 g/mol. The molecule has 1 aliphatic heterocycles. The number of piperidine rings is 1. The van der Waals surface area contributed by atoms with Gasteiger partial charge >= 0.3 is 0 Å². The first-order chi connectivity index (χ1) is 14.8. The standard InChI is InChI=1S/C23H28N6O/c30-22(12-7-15-29-26-23(25-27-29)20-10-5-2-6-11-20)24-21-13-16-28(17-14-21)18-19-8-3-1-4-9-19/h1-6,8-11,21H,7,12-18H2,(H,24,30). The van der Waals surface area contributed by atoms with Crippen LogP contribution in [0.4, 0.5) is 0 Å². The van der Waals surface area contributed by atoms with E-state index in [1.807, 2.05) is 36.4 Å². The van der Waals surface area contributed by atoms with Crippen LogP contribution in [-0.2, 0) is 17.9 Å². The molecule has 3 aromatic rings. The number of amides is 1. The maximum absolute atomic E-state index is 12.3. The summed E-state index contributed by atoms with van der Waals surface area (Å²) in [5.74, 6) is 0.724. The van der Waals surface area contributed by atoms with Gasteiger partial charge in [0.15, 0.2) is 0 Å². The third-order valence-electron chi connectivity index (χ3n) is 5.45. The number of hydrogen-bond donors (Lipinski definition) is 1. The van der Waals surface area contributed by atoms with Gasteiger partial charge in [0.05, 0.1) is 6.54 Å². The summed E-state index contributed by atoms with van der Waals surface area (Å²) in [6.07, 6.45) is 3.18. The molecule has 0 saturated carbocycles. The van der Waals surface area contributed by atoms with E-state index < -0.39 is 0 Å². The van der Waals surface area contributed by atoms with Crippen LogP contribution in [0.3, 0.4) is 0 Å². The molecular weight excluding hydrogens is 376 g/mol. The highest BCUT2D eigenvalue weighted by Crippen LogP contribution is 2.14. The molecule has 0 aliphatic carbocycles. The Bertz CT molecular complexity index is 919. The number of tetrazole rings is 1. The predicted molar refractivity (Wildman–Crippen MR) is 115 cm³/mol. The summed E-state index contributed by atoms with van der Waals surface area (Å²) >= 11 is 0. The number of carbonyl (C=O) groups excluding carboxylic acids is 1. The van der Waals surface area contributed by atoms with E-state index in [0.717, 1.165) is 38.0 Å². The van der Waals surface area contributed by atoms with Crippen molar-refractivity contribution in [1.29, 1.82) is 0 Å². The predicted octanol–water partition coefficient (Wildman–Crippen LogP) is 2.90. The number of rotatable bonds is 8. The maximum Gasteiger partial charge on any atom is 0.220 e. The number of carbonyl (C=O) groups is 1. The van der Waals surface area contributed by atoms with Crippen molar-refractivity contribution in [2.75, 3.05) is 13.1 Å². The molecule has 7 heteroatoms. The minimum absolute atomic E-state index is 0.111. The molecule has 2 heterocycles. The fraction of sp³-hybridized carbons (Fsp3) is 0.391. The SMILES string of the molecule is O=C(CCCn1nnc(-c2ccccc2)n1)NC1CCN(Cc2ccccc2)CC1. The van der Waals surface area contributed by atoms with Gasteiger partial charge < -0.3 is 5.32 Å². The molecule has 0 spiro atoms. The van der Waals surface area contributed by atoms with Crippen LogP contribution in [0, 0.1) is 0 Å². The summed E-state index contributed by atoms with van der Waals surface area (Å²) in [4.78, 5) is 16.3. The lowest BCUT2D eigenvalue weighted by Gasteiger charge is -2.32. The van der Waals surface area contributed by atoms with Crippen molar-refractivity contribution >= 4 is 5.91 Å². The van der Waals surface area contributed by atoms with Crippen LogP contribution in [0.5, 0.6) is 0 Å². The Hall–Kier alpha value is -3.06. The fourth-order valence-corrected chi connectivity index (χ4v) is 3.80. The molecule has 0 bridgehead atoms. The van der Waals surface area contributed by atoms with Gasteiger partial charge in [0.2, 0.25) is 11.7 Å². The van der Waals surface area contributed by atoms with Crippen molar-refractivity contribution < 1.29 is 4.79 Å². The van der Waals surface area contributed by atoms with E-state index in [0.29, 0.717) is 25.2 Å². The topological polar surface area (TPSA) is 75.9 Å². The van der Waals surface area contributed by atoms with Gasteiger partial charge in [-0.15, -0.1) is 10.2 Å². The average Bonchev–Trinajstić information content (AvgIpc) is 3.25. The van der Waals surface area contributed by atoms with E-state index in [-0.39, 0.29) is 11.9 Å². The normalized spacial score (nSPS) is 15.2. The Labute approximate surface area is 177 Å². The molecule has 0 radical (unpaired) electrons. The van der Waals surface area contributed by atoms with Gasteiger partial charge in [-0.2, -0.15) is 4.80 Å². The van der Waals surface area contributed by atoms with E-state index in [9.17, 15) is 4.79 Å². The third kappa shape index (κ3) is 5.73. The van der Waals surface area contributed by atoms with Crippen molar-refractivity contribution in [3.05, 3.63) is 66.2 Å². The zero-order valence-electron chi connectivity index (χ0n) is 17.2. The van der Waals surface area contributed by atoms with Crippen LogP contribution in [0.2, 0.25) is 0 Å². The van der Waals surface area contributed by atoms with Gasteiger partial charge in [-0.3, -0.25) is 9.69 Å². The van der Waals surface area contributed by atoms with E-state index in [2.05, 4.69) is 49.9 Å². The molecule has 7 nitrogen and oxygen atoms in total. The molecule has 1 amide bonds. The highest BCUT2D eigenvalue weighted by Gasteiger charge is 2.20. The summed E-state index contributed by atoms with van der Waals surface area (Å²) in [7, 11) is 0. The number of likely N-dealkylation sites (tertiary alicyclic amines) is 1. The molecule has 4 rings (SSSR count). The highest BCUT2D eigenvalue weighted by molar-refractivity contribution is 5.76. The lowest BCUT2D eigenvalue weighted by molar-refractivity contribution is -0.122. The van der Waals surface area contributed by atoms with Gasteiger partial charge in [0.25, 0.3) is 0 Å². The minimum Gasteiger partial charge on any atom is -0.353 e. The first-order valence-electron chi connectivity index (χ1n) is 10.6. The van der Waals surface area contributed by atoms with Gasteiger partial charge in [0.1, 0.15) is 0 Å². The van der Waals surface area contributed by atoms with Gasteiger partial charge in [-0.1, -0.05) is 60.7 Å². The molecule has 1 fully saturated rings. The largest absolute Gasteiger partial charge is 0.353 e. The smallest absolute Gasteiger partial charge is 0.220 e. The number of nitrogens with one attached hydrogen (secondary N) is 1. The van der Waals surface area contributed by atoms with E-state index >= 15 is 0 Å². The average molecular weight is 405 g/mol. The van der Waals surface area contributed by atoms with Crippen molar-refractivity contribution in [3.63, 3.8) is 0 Å². The second-order valence-corrected chi connectivity index (χ2v) is 7.78. The number of nitrogens with zero attached hydrogens (tertiary/aromatic N) is 5. The Kier molecular flexibility index (Phi) is 6.82. The van der Waals surface area contributed by atoms with E-state index in [1.165, 1.54) is 5.56 Å². The third-order valence-corrected chi connectivity index (χ3v) is 5.45. The van der Waals surface area contributed by atoms with Gasteiger partial charge in [-0.05, 0) is 30.0 Å². The van der Waals surface area contributed by atoms with Crippen molar-refractivity contribution in [1.82, 2.24) is 30.4 Å². The minimum atomic E-state index is 0.111. The van der Waals surface area contributed by atoms with E-state index in [1.54, 1.807) is 4.80 Å². The quantitative estimate of drug-likeness (QED) is 0.625. The van der Waals surface area contributed by atoms with Crippen LogP contribution in [0.1, 0.15) is 31.2 Å². The molecule has 2 aromatic carbocycles. The maximum atomic E-state index is 12.3. The molecule has 1 aliphatic rings. The van der Waals surface area contributed by atoms with Gasteiger partial charge in [-0.25, -0.2) is 0 Å². The summed E-state index contributed by atoms with van der Waals surface area (Å²) in [5, 5.41) is 15.8. The van der Waals surface area contributed by atoms with Crippen molar-refractivity contribution in [2.24, 2.45) is 0 Å². The Morgan fingerprint density at radius 2 is 1.70 bits per heavy atom. The van der Waals surface area contributed by atoms with Crippen LogP contribution in [0.25, 0.3) is 11.4 Å². The Balaban J connectivity index is 1.14. The molecule has 0 atom stereocenters. The summed E-state index contributed by atoms with van der Waals surface area (Å²) in [5.41, 5.74) is 2.29. The molecule has 1 N–H and O–H groups in total. The Morgan fingerprint density at radius 3 is 2.43 bits per heavy atom. The molecule has 1 saturated heterocycles. The fourth-order valence-electron chi connectivity index (χ4n) is 3.80. The molecular formula is C23H28N6O. The second-order valence-electron chi connectivity index (χ2n) is 7.78. The van der Waals surface area contributed by atoms with E-state index in [4.69, 9.17) is 0 Å². The molecule has 0 unspecified atom stereocenters. The summed E-state index contributed by atoms with van der Waals surface area (Å²) in [6.45, 7) is 3.61. The number of benzene rings is 2.